The first-order chi connectivity index (χ1) is 9.06. The van der Waals surface area contributed by atoms with Gasteiger partial charge in [0.2, 0.25) is 5.91 Å². The molecule has 1 aromatic carbocycles. The molecule has 1 aliphatic carbocycles. The topological polar surface area (TPSA) is 57.6 Å². The zero-order valence-electron chi connectivity index (χ0n) is 11.1. The minimum atomic E-state index is -0.961. The predicted octanol–water partition coefficient (Wildman–Crippen LogP) is 2.19. The fourth-order valence-electron chi connectivity index (χ4n) is 2.29. The Morgan fingerprint density at radius 3 is 2.68 bits per heavy atom. The van der Waals surface area contributed by atoms with Crippen molar-refractivity contribution in [2.45, 2.75) is 25.7 Å². The molecule has 102 valence electrons. The van der Waals surface area contributed by atoms with E-state index < -0.39 is 5.97 Å². The van der Waals surface area contributed by atoms with E-state index in [9.17, 15) is 9.59 Å². The van der Waals surface area contributed by atoms with Crippen LogP contribution in [0.2, 0.25) is 0 Å². The number of carboxylic acids is 1. The molecule has 19 heavy (non-hydrogen) atoms. The van der Waals surface area contributed by atoms with Gasteiger partial charge in [-0.05, 0) is 36.5 Å². The molecule has 4 heteroatoms. The number of hydrogen-bond acceptors (Lipinski definition) is 2. The van der Waals surface area contributed by atoms with Crippen LogP contribution < -0.4 is 0 Å². The Morgan fingerprint density at radius 1 is 1.37 bits per heavy atom. The largest absolute Gasteiger partial charge is 0.478 e. The number of hydrogen-bond donors (Lipinski definition) is 1. The molecule has 2 rings (SSSR count). The Morgan fingerprint density at radius 2 is 2.11 bits per heavy atom. The van der Waals surface area contributed by atoms with Gasteiger partial charge in [-0.15, -0.1) is 0 Å². The van der Waals surface area contributed by atoms with E-state index >= 15 is 0 Å². The van der Waals surface area contributed by atoms with Gasteiger partial charge in [0, 0.05) is 13.6 Å². The number of benzene rings is 1. The van der Waals surface area contributed by atoms with Crippen LogP contribution in [-0.4, -0.2) is 35.5 Å². The van der Waals surface area contributed by atoms with E-state index in [1.165, 1.54) is 25.3 Å². The Labute approximate surface area is 113 Å². The van der Waals surface area contributed by atoms with Crippen LogP contribution in [-0.2, 0) is 11.2 Å². The summed E-state index contributed by atoms with van der Waals surface area (Å²) in [6, 6.07) is 6.57. The molecule has 0 spiro atoms. The highest BCUT2D eigenvalue weighted by molar-refractivity contribution is 5.88. The van der Waals surface area contributed by atoms with Crippen LogP contribution in [0.15, 0.2) is 24.3 Å². The highest BCUT2D eigenvalue weighted by Gasteiger charge is 2.21. The van der Waals surface area contributed by atoms with E-state index in [-0.39, 0.29) is 17.9 Å². The van der Waals surface area contributed by atoms with Gasteiger partial charge in [-0.25, -0.2) is 4.79 Å². The third-order valence-electron chi connectivity index (χ3n) is 3.71. The van der Waals surface area contributed by atoms with Crippen LogP contribution >= 0.6 is 0 Å². The minimum absolute atomic E-state index is 0.0504. The summed E-state index contributed by atoms with van der Waals surface area (Å²) >= 11 is 0. The van der Waals surface area contributed by atoms with Crippen molar-refractivity contribution in [3.8, 4) is 0 Å². The van der Waals surface area contributed by atoms with Crippen molar-refractivity contribution in [2.75, 3.05) is 13.6 Å². The molecule has 0 radical (unpaired) electrons. The summed E-state index contributed by atoms with van der Waals surface area (Å²) in [6.45, 7) is 0.817. The Kier molecular flexibility index (Phi) is 4.20. The first kappa shape index (κ1) is 13.6. The van der Waals surface area contributed by atoms with Crippen molar-refractivity contribution in [3.63, 3.8) is 0 Å². The van der Waals surface area contributed by atoms with Crippen LogP contribution in [0, 0.1) is 5.92 Å². The molecule has 0 bridgehead atoms. The molecule has 1 fully saturated rings. The molecule has 1 N–H and O–H groups in total. The molecule has 0 unspecified atom stereocenters. The molecular formula is C15H19NO3. The average Bonchev–Trinajstić information content (AvgIpc) is 2.33. The number of carbonyl (C=O) groups excluding carboxylic acids is 1. The summed E-state index contributed by atoms with van der Waals surface area (Å²) in [5.41, 5.74) is 0.984. The number of nitrogens with zero attached hydrogens (tertiary/aromatic N) is 1. The number of amides is 1. The van der Waals surface area contributed by atoms with E-state index in [0.29, 0.717) is 5.92 Å². The molecular weight excluding hydrogens is 242 g/mol. The van der Waals surface area contributed by atoms with Gasteiger partial charge in [0.1, 0.15) is 0 Å². The Hall–Kier alpha value is -1.84. The molecule has 0 aliphatic heterocycles. The second kappa shape index (κ2) is 5.87. The van der Waals surface area contributed by atoms with Gasteiger partial charge in [-0.2, -0.15) is 0 Å². The summed E-state index contributed by atoms with van der Waals surface area (Å²) in [7, 11) is 1.82. The zero-order valence-corrected chi connectivity index (χ0v) is 11.1. The summed E-state index contributed by atoms with van der Waals surface area (Å²) in [5.74, 6) is -0.258. The smallest absolute Gasteiger partial charge is 0.335 e. The second-order valence-corrected chi connectivity index (χ2v) is 5.25. The highest BCUT2D eigenvalue weighted by Crippen LogP contribution is 2.26. The fourth-order valence-corrected chi connectivity index (χ4v) is 2.29. The van der Waals surface area contributed by atoms with Gasteiger partial charge >= 0.3 is 5.97 Å². The lowest BCUT2D eigenvalue weighted by atomic mass is 9.85. The molecule has 1 aliphatic rings. The van der Waals surface area contributed by atoms with Gasteiger partial charge < -0.3 is 10.0 Å². The maximum atomic E-state index is 12.0. The van der Waals surface area contributed by atoms with Crippen molar-refractivity contribution in [3.05, 3.63) is 35.4 Å². The molecule has 1 amide bonds. The van der Waals surface area contributed by atoms with Crippen molar-refractivity contribution in [2.24, 2.45) is 5.92 Å². The van der Waals surface area contributed by atoms with Gasteiger partial charge in [-0.1, -0.05) is 18.6 Å². The van der Waals surface area contributed by atoms with E-state index in [4.69, 9.17) is 5.11 Å². The average molecular weight is 261 g/mol. The van der Waals surface area contributed by atoms with Gasteiger partial charge in [0.25, 0.3) is 0 Å². The normalized spacial score (nSPS) is 14.8. The number of carbonyl (C=O) groups is 2. The van der Waals surface area contributed by atoms with Crippen molar-refractivity contribution < 1.29 is 14.7 Å². The molecule has 0 atom stereocenters. The minimum Gasteiger partial charge on any atom is -0.478 e. The maximum Gasteiger partial charge on any atom is 0.335 e. The van der Waals surface area contributed by atoms with Crippen LogP contribution in [0.3, 0.4) is 0 Å². The number of likely N-dealkylation sites (N-methyl/N-ethyl adjacent to an activating group) is 1. The van der Waals surface area contributed by atoms with Gasteiger partial charge in [0.15, 0.2) is 0 Å². The van der Waals surface area contributed by atoms with Crippen LogP contribution in [0.5, 0.6) is 0 Å². The SMILES string of the molecule is CN(CC1CCC1)C(=O)Cc1cccc(C(=O)O)c1. The second-order valence-electron chi connectivity index (χ2n) is 5.25. The fraction of sp³-hybridized carbons (Fsp3) is 0.467. The quantitative estimate of drug-likeness (QED) is 0.884. The molecule has 0 aromatic heterocycles. The van der Waals surface area contributed by atoms with Gasteiger partial charge in [-0.3, -0.25) is 4.79 Å². The van der Waals surface area contributed by atoms with Crippen molar-refractivity contribution >= 4 is 11.9 Å². The third-order valence-corrected chi connectivity index (χ3v) is 3.71. The zero-order chi connectivity index (χ0) is 13.8. The molecule has 1 saturated carbocycles. The number of rotatable bonds is 5. The van der Waals surface area contributed by atoms with E-state index in [2.05, 4.69) is 0 Å². The predicted molar refractivity (Wildman–Crippen MR) is 72.1 cm³/mol. The van der Waals surface area contributed by atoms with Crippen molar-refractivity contribution in [1.29, 1.82) is 0 Å². The Balaban J connectivity index is 1.93. The van der Waals surface area contributed by atoms with E-state index in [0.717, 1.165) is 12.1 Å². The lowest BCUT2D eigenvalue weighted by Crippen LogP contribution is -2.35. The number of carboxylic acid groups (broad SMARTS) is 1. The van der Waals surface area contributed by atoms with E-state index in [1.807, 2.05) is 7.05 Å². The molecule has 0 saturated heterocycles. The molecule has 4 nitrogen and oxygen atoms in total. The number of aromatic carboxylic acids is 1. The van der Waals surface area contributed by atoms with Crippen LogP contribution in [0.4, 0.5) is 0 Å². The Bertz CT molecular complexity index is 480. The maximum absolute atomic E-state index is 12.0. The van der Waals surface area contributed by atoms with Crippen LogP contribution in [0.1, 0.15) is 35.2 Å². The van der Waals surface area contributed by atoms with Gasteiger partial charge in [0.05, 0.1) is 12.0 Å². The molecule has 1 aromatic rings. The summed E-state index contributed by atoms with van der Waals surface area (Å²) < 4.78 is 0. The third kappa shape index (κ3) is 3.56. The monoisotopic (exact) mass is 261 g/mol. The van der Waals surface area contributed by atoms with E-state index in [1.54, 1.807) is 23.1 Å². The first-order valence-electron chi connectivity index (χ1n) is 6.62. The summed E-state index contributed by atoms with van der Waals surface area (Å²) in [6.07, 6.45) is 3.97. The molecule has 0 heterocycles. The highest BCUT2D eigenvalue weighted by atomic mass is 16.4. The van der Waals surface area contributed by atoms with Crippen LogP contribution in [0.25, 0.3) is 0 Å². The first-order valence-corrected chi connectivity index (χ1v) is 6.62. The lowest BCUT2D eigenvalue weighted by molar-refractivity contribution is -0.130. The van der Waals surface area contributed by atoms with Crippen molar-refractivity contribution in [1.82, 2.24) is 4.90 Å². The standard InChI is InChI=1S/C15H19NO3/c1-16(10-11-4-2-5-11)14(17)9-12-6-3-7-13(8-12)15(18)19/h3,6-8,11H,2,4-5,9-10H2,1H3,(H,18,19). The lowest BCUT2D eigenvalue weighted by Gasteiger charge is -2.30. The summed E-state index contributed by atoms with van der Waals surface area (Å²) in [4.78, 5) is 24.7. The summed E-state index contributed by atoms with van der Waals surface area (Å²) in [5, 5.41) is 8.92.